The molecular formula is C15H18BrN3O3. The number of halogens is 1. The van der Waals surface area contributed by atoms with E-state index in [1.54, 1.807) is 12.1 Å². The molecule has 2 amide bonds. The van der Waals surface area contributed by atoms with Crippen molar-refractivity contribution >= 4 is 33.4 Å². The molecule has 1 fully saturated rings. The van der Waals surface area contributed by atoms with E-state index in [2.05, 4.69) is 26.6 Å². The zero-order valence-corrected chi connectivity index (χ0v) is 13.7. The molecule has 7 heteroatoms. The van der Waals surface area contributed by atoms with Crippen LogP contribution in [0.15, 0.2) is 22.7 Å². The van der Waals surface area contributed by atoms with Crippen molar-refractivity contribution in [3.05, 3.63) is 22.7 Å². The van der Waals surface area contributed by atoms with E-state index >= 15 is 0 Å². The largest absolute Gasteiger partial charge is 0.482 e. The van der Waals surface area contributed by atoms with E-state index in [0.717, 1.165) is 30.4 Å². The van der Waals surface area contributed by atoms with Gasteiger partial charge in [0, 0.05) is 10.5 Å². The third kappa shape index (κ3) is 3.41. The van der Waals surface area contributed by atoms with Gasteiger partial charge in [-0.15, -0.1) is 0 Å². The van der Waals surface area contributed by atoms with Crippen LogP contribution in [0.4, 0.5) is 5.69 Å². The van der Waals surface area contributed by atoms with Gasteiger partial charge >= 0.3 is 0 Å². The minimum atomic E-state index is -0.199. The number of fused-ring (bicyclic) bond motifs is 1. The number of benzene rings is 1. The fourth-order valence-electron chi connectivity index (χ4n) is 2.73. The van der Waals surface area contributed by atoms with Crippen molar-refractivity contribution in [3.8, 4) is 5.75 Å². The van der Waals surface area contributed by atoms with Crippen molar-refractivity contribution in [2.24, 2.45) is 0 Å². The SMILES string of the molecule is O=C(CN1C(=O)COc2cc(Br)ccc21)NC1CCNCC1. The fraction of sp³-hybridized carbons (Fsp3) is 0.467. The van der Waals surface area contributed by atoms with Gasteiger partial charge in [0.05, 0.1) is 5.69 Å². The Bertz CT molecular complexity index is 587. The van der Waals surface area contributed by atoms with E-state index in [1.807, 2.05) is 6.07 Å². The second-order valence-electron chi connectivity index (χ2n) is 5.47. The van der Waals surface area contributed by atoms with E-state index in [1.165, 1.54) is 4.90 Å². The number of carbonyl (C=O) groups excluding carboxylic acids is 2. The maximum Gasteiger partial charge on any atom is 0.265 e. The molecule has 6 nitrogen and oxygen atoms in total. The highest BCUT2D eigenvalue weighted by Crippen LogP contribution is 2.34. The van der Waals surface area contributed by atoms with Crippen LogP contribution >= 0.6 is 15.9 Å². The Morgan fingerprint density at radius 3 is 2.95 bits per heavy atom. The third-order valence-corrected chi connectivity index (χ3v) is 4.36. The number of nitrogens with one attached hydrogen (secondary N) is 2. The van der Waals surface area contributed by atoms with Crippen LogP contribution < -0.4 is 20.3 Å². The lowest BCUT2D eigenvalue weighted by atomic mass is 10.1. The summed E-state index contributed by atoms with van der Waals surface area (Å²) < 4.78 is 6.29. The summed E-state index contributed by atoms with van der Waals surface area (Å²) in [5.41, 5.74) is 0.639. The minimum absolute atomic E-state index is 0.0285. The normalized spacial score (nSPS) is 18.6. The van der Waals surface area contributed by atoms with E-state index in [4.69, 9.17) is 4.74 Å². The molecule has 0 aromatic heterocycles. The highest BCUT2D eigenvalue weighted by molar-refractivity contribution is 9.10. The predicted octanol–water partition coefficient (Wildman–Crippen LogP) is 1.04. The lowest BCUT2D eigenvalue weighted by Crippen LogP contribution is -2.49. The van der Waals surface area contributed by atoms with Gasteiger partial charge in [-0.05, 0) is 44.1 Å². The maximum absolute atomic E-state index is 12.2. The van der Waals surface area contributed by atoms with Gasteiger partial charge in [-0.25, -0.2) is 0 Å². The number of hydrogen-bond donors (Lipinski definition) is 2. The molecule has 0 radical (unpaired) electrons. The molecule has 118 valence electrons. The Morgan fingerprint density at radius 2 is 2.18 bits per heavy atom. The Hall–Kier alpha value is -1.60. The molecule has 2 heterocycles. The number of piperidine rings is 1. The van der Waals surface area contributed by atoms with E-state index in [0.29, 0.717) is 11.4 Å². The summed E-state index contributed by atoms with van der Waals surface area (Å²) in [6.45, 7) is 1.82. The molecule has 0 spiro atoms. The summed E-state index contributed by atoms with van der Waals surface area (Å²) in [6.07, 6.45) is 1.85. The van der Waals surface area contributed by atoms with Gasteiger partial charge in [0.1, 0.15) is 12.3 Å². The Balaban J connectivity index is 1.68. The number of carbonyl (C=O) groups is 2. The van der Waals surface area contributed by atoms with Gasteiger partial charge in [0.25, 0.3) is 5.91 Å². The average molecular weight is 368 g/mol. The van der Waals surface area contributed by atoms with Gasteiger partial charge in [0.15, 0.2) is 6.61 Å². The molecule has 2 N–H and O–H groups in total. The average Bonchev–Trinajstić information content (AvgIpc) is 2.51. The number of ether oxygens (including phenoxy) is 1. The van der Waals surface area contributed by atoms with Gasteiger partial charge in [-0.1, -0.05) is 15.9 Å². The number of rotatable bonds is 3. The first kappa shape index (κ1) is 15.3. The van der Waals surface area contributed by atoms with E-state index in [-0.39, 0.29) is 31.0 Å². The summed E-state index contributed by atoms with van der Waals surface area (Å²) in [5.74, 6) is 0.287. The van der Waals surface area contributed by atoms with Gasteiger partial charge in [-0.3, -0.25) is 14.5 Å². The molecule has 0 saturated carbocycles. The quantitative estimate of drug-likeness (QED) is 0.837. The summed E-state index contributed by atoms with van der Waals surface area (Å²) in [4.78, 5) is 25.8. The monoisotopic (exact) mass is 367 g/mol. The summed E-state index contributed by atoms with van der Waals surface area (Å²) >= 11 is 3.37. The second kappa shape index (κ2) is 6.66. The third-order valence-electron chi connectivity index (χ3n) is 3.87. The molecule has 2 aliphatic heterocycles. The van der Waals surface area contributed by atoms with Crippen LogP contribution in [0.3, 0.4) is 0 Å². The molecule has 3 rings (SSSR count). The van der Waals surface area contributed by atoms with Crippen LogP contribution in [0.5, 0.6) is 5.75 Å². The summed E-state index contributed by atoms with van der Waals surface area (Å²) in [5, 5.41) is 6.26. The molecule has 0 bridgehead atoms. The van der Waals surface area contributed by atoms with Crippen molar-refractivity contribution < 1.29 is 14.3 Å². The molecule has 0 aliphatic carbocycles. The standard InChI is InChI=1S/C15H18BrN3O3/c16-10-1-2-12-13(7-10)22-9-15(21)19(12)8-14(20)18-11-3-5-17-6-4-11/h1-2,7,11,17H,3-6,8-9H2,(H,18,20). The predicted molar refractivity (Wildman–Crippen MR) is 86.0 cm³/mol. The molecule has 1 aromatic carbocycles. The van der Waals surface area contributed by atoms with Gasteiger partial charge in [-0.2, -0.15) is 0 Å². The second-order valence-corrected chi connectivity index (χ2v) is 6.39. The van der Waals surface area contributed by atoms with Crippen molar-refractivity contribution in [1.82, 2.24) is 10.6 Å². The van der Waals surface area contributed by atoms with Crippen molar-refractivity contribution in [1.29, 1.82) is 0 Å². The highest BCUT2D eigenvalue weighted by atomic mass is 79.9. The van der Waals surface area contributed by atoms with E-state index in [9.17, 15) is 9.59 Å². The topological polar surface area (TPSA) is 70.7 Å². The molecule has 2 aliphatic rings. The van der Waals surface area contributed by atoms with E-state index < -0.39 is 0 Å². The maximum atomic E-state index is 12.2. The number of anilines is 1. The zero-order valence-electron chi connectivity index (χ0n) is 12.1. The minimum Gasteiger partial charge on any atom is -0.482 e. The highest BCUT2D eigenvalue weighted by Gasteiger charge is 2.28. The molecule has 1 aromatic rings. The van der Waals surface area contributed by atoms with Crippen LogP contribution in [0.25, 0.3) is 0 Å². The smallest absolute Gasteiger partial charge is 0.265 e. The molecule has 1 saturated heterocycles. The van der Waals surface area contributed by atoms with Crippen LogP contribution in [-0.4, -0.2) is 44.1 Å². The van der Waals surface area contributed by atoms with Crippen molar-refractivity contribution in [2.75, 3.05) is 31.1 Å². The number of nitrogens with zero attached hydrogens (tertiary/aromatic N) is 1. The fourth-order valence-corrected chi connectivity index (χ4v) is 3.07. The van der Waals surface area contributed by atoms with Crippen LogP contribution in [0.1, 0.15) is 12.8 Å². The first-order chi connectivity index (χ1) is 10.6. The molecule has 22 heavy (non-hydrogen) atoms. The summed E-state index contributed by atoms with van der Waals surface area (Å²) in [7, 11) is 0. The summed E-state index contributed by atoms with van der Waals surface area (Å²) in [6, 6.07) is 5.61. The first-order valence-corrected chi connectivity index (χ1v) is 8.15. The molecule has 0 atom stereocenters. The Kier molecular flexibility index (Phi) is 4.63. The zero-order chi connectivity index (χ0) is 15.5. The Morgan fingerprint density at radius 1 is 1.41 bits per heavy atom. The molecule has 0 unspecified atom stereocenters. The van der Waals surface area contributed by atoms with Crippen LogP contribution in [0.2, 0.25) is 0 Å². The van der Waals surface area contributed by atoms with Crippen LogP contribution in [-0.2, 0) is 9.59 Å². The number of hydrogen-bond acceptors (Lipinski definition) is 4. The molecular weight excluding hydrogens is 350 g/mol. The van der Waals surface area contributed by atoms with Gasteiger partial charge in [0.2, 0.25) is 5.91 Å². The number of amides is 2. The van der Waals surface area contributed by atoms with Crippen molar-refractivity contribution in [3.63, 3.8) is 0 Å². The lowest BCUT2D eigenvalue weighted by Gasteiger charge is -2.30. The van der Waals surface area contributed by atoms with Crippen molar-refractivity contribution in [2.45, 2.75) is 18.9 Å². The van der Waals surface area contributed by atoms with Crippen LogP contribution in [0, 0.1) is 0 Å². The Labute approximate surface area is 137 Å². The lowest BCUT2D eigenvalue weighted by molar-refractivity contribution is -0.125. The first-order valence-electron chi connectivity index (χ1n) is 7.36. The van der Waals surface area contributed by atoms with Gasteiger partial charge < -0.3 is 15.4 Å².